The lowest BCUT2D eigenvalue weighted by Crippen LogP contribution is -2.33. The summed E-state index contributed by atoms with van der Waals surface area (Å²) in [4.78, 5) is 23.7. The molecule has 0 aromatic carbocycles. The van der Waals surface area contributed by atoms with E-state index in [0.29, 0.717) is 6.54 Å². The molecule has 1 aliphatic rings. The third kappa shape index (κ3) is 10.5. The van der Waals surface area contributed by atoms with Gasteiger partial charge in [-0.2, -0.15) is 0 Å². The summed E-state index contributed by atoms with van der Waals surface area (Å²) in [5, 5.41) is 5.92. The SMILES string of the molecule is CCCCCCC(C)NC(=O)CCC(=O)NCCC1=CCCCC1. The van der Waals surface area contributed by atoms with E-state index in [2.05, 4.69) is 23.6 Å². The second-order valence-corrected chi connectivity index (χ2v) is 7.03. The zero-order valence-corrected chi connectivity index (χ0v) is 15.7. The third-order valence-electron chi connectivity index (χ3n) is 4.63. The Morgan fingerprint density at radius 1 is 1.12 bits per heavy atom. The summed E-state index contributed by atoms with van der Waals surface area (Å²) in [7, 11) is 0. The quantitative estimate of drug-likeness (QED) is 0.413. The average molecular weight is 337 g/mol. The number of carbonyl (C=O) groups is 2. The highest BCUT2D eigenvalue weighted by Gasteiger charge is 2.10. The van der Waals surface area contributed by atoms with Gasteiger partial charge in [-0.1, -0.05) is 44.3 Å². The number of nitrogens with one attached hydrogen (secondary N) is 2. The van der Waals surface area contributed by atoms with Gasteiger partial charge in [0.2, 0.25) is 11.8 Å². The molecule has 1 aliphatic carbocycles. The summed E-state index contributed by atoms with van der Waals surface area (Å²) in [5.74, 6) is -0.0275. The first-order chi connectivity index (χ1) is 11.6. The van der Waals surface area contributed by atoms with Crippen LogP contribution in [0.25, 0.3) is 0 Å². The molecule has 0 radical (unpaired) electrons. The Hall–Kier alpha value is -1.32. The number of amides is 2. The Morgan fingerprint density at radius 2 is 1.92 bits per heavy atom. The molecule has 4 heteroatoms. The Labute approximate surface area is 147 Å². The molecule has 0 aliphatic heterocycles. The molecular formula is C20H36N2O2. The van der Waals surface area contributed by atoms with Gasteiger partial charge in [0.1, 0.15) is 0 Å². The minimum atomic E-state index is -0.0165. The van der Waals surface area contributed by atoms with Crippen LogP contribution in [0.4, 0.5) is 0 Å². The minimum absolute atomic E-state index is 0.0110. The fourth-order valence-corrected chi connectivity index (χ4v) is 3.11. The van der Waals surface area contributed by atoms with Crippen LogP contribution in [0.3, 0.4) is 0 Å². The van der Waals surface area contributed by atoms with Crippen LogP contribution in [-0.2, 0) is 9.59 Å². The van der Waals surface area contributed by atoms with E-state index >= 15 is 0 Å². The van der Waals surface area contributed by atoms with Crippen LogP contribution < -0.4 is 10.6 Å². The highest BCUT2D eigenvalue weighted by atomic mass is 16.2. The maximum Gasteiger partial charge on any atom is 0.220 e. The molecule has 0 heterocycles. The first kappa shape index (κ1) is 20.7. The van der Waals surface area contributed by atoms with Crippen LogP contribution >= 0.6 is 0 Å². The van der Waals surface area contributed by atoms with E-state index < -0.39 is 0 Å². The van der Waals surface area contributed by atoms with Crippen LogP contribution in [0.1, 0.15) is 90.9 Å². The zero-order valence-electron chi connectivity index (χ0n) is 15.7. The van der Waals surface area contributed by atoms with Crippen molar-refractivity contribution in [2.75, 3.05) is 6.54 Å². The number of unbranched alkanes of at least 4 members (excludes halogenated alkanes) is 3. The van der Waals surface area contributed by atoms with Crippen molar-refractivity contribution in [3.05, 3.63) is 11.6 Å². The smallest absolute Gasteiger partial charge is 0.220 e. The van der Waals surface area contributed by atoms with Gasteiger partial charge in [-0.3, -0.25) is 9.59 Å². The molecule has 0 fully saturated rings. The summed E-state index contributed by atoms with van der Waals surface area (Å²) in [6.45, 7) is 4.93. The first-order valence-corrected chi connectivity index (χ1v) is 9.85. The van der Waals surface area contributed by atoms with Crippen LogP contribution in [-0.4, -0.2) is 24.4 Å². The molecule has 2 amide bonds. The van der Waals surface area contributed by atoms with Crippen LogP contribution in [0.5, 0.6) is 0 Å². The van der Waals surface area contributed by atoms with Crippen molar-refractivity contribution in [2.45, 2.75) is 96.9 Å². The molecule has 1 unspecified atom stereocenters. The highest BCUT2D eigenvalue weighted by molar-refractivity contribution is 5.83. The standard InChI is InChI=1S/C20H36N2O2/c1-3-4-5-7-10-17(2)22-20(24)14-13-19(23)21-16-15-18-11-8-6-9-12-18/h11,17H,3-10,12-16H2,1-2H3,(H,21,23)(H,22,24). The van der Waals surface area contributed by atoms with Crippen molar-refractivity contribution in [1.82, 2.24) is 10.6 Å². The number of hydrogen-bond acceptors (Lipinski definition) is 2. The van der Waals surface area contributed by atoms with Gasteiger partial charge in [-0.25, -0.2) is 0 Å². The number of carbonyl (C=O) groups excluding carboxylic acids is 2. The molecule has 0 aromatic rings. The second-order valence-electron chi connectivity index (χ2n) is 7.03. The maximum absolute atomic E-state index is 11.9. The van der Waals surface area contributed by atoms with Gasteiger partial charge < -0.3 is 10.6 Å². The molecule has 4 nitrogen and oxygen atoms in total. The lowest BCUT2D eigenvalue weighted by molar-refractivity contribution is -0.126. The van der Waals surface area contributed by atoms with Gasteiger partial charge in [0, 0.05) is 25.4 Å². The van der Waals surface area contributed by atoms with Crippen molar-refractivity contribution in [3.8, 4) is 0 Å². The van der Waals surface area contributed by atoms with Crippen molar-refractivity contribution in [2.24, 2.45) is 0 Å². The molecular weight excluding hydrogens is 300 g/mol. The second kappa shape index (κ2) is 13.0. The fraction of sp³-hybridized carbons (Fsp3) is 0.800. The van der Waals surface area contributed by atoms with Crippen molar-refractivity contribution in [1.29, 1.82) is 0 Å². The van der Waals surface area contributed by atoms with Gasteiger partial charge in [0.25, 0.3) is 0 Å². The fourth-order valence-electron chi connectivity index (χ4n) is 3.11. The topological polar surface area (TPSA) is 58.2 Å². The van der Waals surface area contributed by atoms with E-state index in [0.717, 1.165) is 19.3 Å². The number of rotatable bonds is 12. The molecule has 0 saturated carbocycles. The van der Waals surface area contributed by atoms with Gasteiger partial charge in [-0.15, -0.1) is 0 Å². The maximum atomic E-state index is 11.9. The molecule has 2 N–H and O–H groups in total. The highest BCUT2D eigenvalue weighted by Crippen LogP contribution is 2.19. The van der Waals surface area contributed by atoms with E-state index in [4.69, 9.17) is 0 Å². The molecule has 1 atom stereocenters. The number of allylic oxidation sites excluding steroid dienone is 1. The molecule has 0 aromatic heterocycles. The third-order valence-corrected chi connectivity index (χ3v) is 4.63. The zero-order chi connectivity index (χ0) is 17.6. The monoisotopic (exact) mass is 336 g/mol. The Balaban J connectivity index is 2.03. The predicted molar refractivity (Wildman–Crippen MR) is 99.8 cm³/mol. The lowest BCUT2D eigenvalue weighted by atomic mass is 9.97. The summed E-state index contributed by atoms with van der Waals surface area (Å²) in [6.07, 6.45) is 14.7. The minimum Gasteiger partial charge on any atom is -0.356 e. The molecule has 0 bridgehead atoms. The largest absolute Gasteiger partial charge is 0.356 e. The molecule has 24 heavy (non-hydrogen) atoms. The molecule has 138 valence electrons. The first-order valence-electron chi connectivity index (χ1n) is 9.85. The lowest BCUT2D eigenvalue weighted by Gasteiger charge is -2.14. The summed E-state index contributed by atoms with van der Waals surface area (Å²) in [5.41, 5.74) is 1.47. The van der Waals surface area contributed by atoms with Crippen molar-refractivity contribution >= 4 is 11.8 Å². The average Bonchev–Trinajstić information content (AvgIpc) is 2.58. The van der Waals surface area contributed by atoms with E-state index in [1.54, 1.807) is 0 Å². The van der Waals surface area contributed by atoms with Crippen LogP contribution in [0.2, 0.25) is 0 Å². The van der Waals surface area contributed by atoms with E-state index in [1.165, 1.54) is 50.5 Å². The van der Waals surface area contributed by atoms with Crippen LogP contribution in [0.15, 0.2) is 11.6 Å². The van der Waals surface area contributed by atoms with E-state index in [-0.39, 0.29) is 30.7 Å². The van der Waals surface area contributed by atoms with Gasteiger partial charge >= 0.3 is 0 Å². The van der Waals surface area contributed by atoms with Crippen LogP contribution in [0, 0.1) is 0 Å². The Bertz CT molecular complexity index is 404. The summed E-state index contributed by atoms with van der Waals surface area (Å²) >= 11 is 0. The molecule has 0 saturated heterocycles. The Morgan fingerprint density at radius 3 is 2.62 bits per heavy atom. The normalized spacial score (nSPS) is 15.5. The Kier molecular flexibility index (Phi) is 11.2. The van der Waals surface area contributed by atoms with Gasteiger partial charge in [0.05, 0.1) is 0 Å². The van der Waals surface area contributed by atoms with Gasteiger partial charge in [0.15, 0.2) is 0 Å². The summed E-state index contributed by atoms with van der Waals surface area (Å²) in [6, 6.07) is 0.204. The number of hydrogen-bond donors (Lipinski definition) is 2. The van der Waals surface area contributed by atoms with Crippen molar-refractivity contribution < 1.29 is 9.59 Å². The predicted octanol–water partition coefficient (Wildman–Crippen LogP) is 4.25. The summed E-state index contributed by atoms with van der Waals surface area (Å²) < 4.78 is 0. The van der Waals surface area contributed by atoms with E-state index in [1.807, 2.05) is 6.92 Å². The van der Waals surface area contributed by atoms with Gasteiger partial charge in [-0.05, 0) is 45.4 Å². The molecule has 1 rings (SSSR count). The van der Waals surface area contributed by atoms with E-state index in [9.17, 15) is 9.59 Å². The van der Waals surface area contributed by atoms with Crippen molar-refractivity contribution in [3.63, 3.8) is 0 Å². The molecule has 0 spiro atoms.